The second kappa shape index (κ2) is 7.48. The Balaban J connectivity index is 2.05. The summed E-state index contributed by atoms with van der Waals surface area (Å²) in [5.74, 6) is -3.73. The molecule has 0 aliphatic carbocycles. The fourth-order valence-electron chi connectivity index (χ4n) is 2.22. The van der Waals surface area contributed by atoms with Gasteiger partial charge in [-0.3, -0.25) is 9.05 Å². The van der Waals surface area contributed by atoms with Gasteiger partial charge in [-0.1, -0.05) is 13.5 Å². The molecule has 2 aliphatic rings. The van der Waals surface area contributed by atoms with Crippen molar-refractivity contribution in [3.63, 3.8) is 0 Å². The number of aliphatic imine (C=N–C) groups is 1. The summed E-state index contributed by atoms with van der Waals surface area (Å²) in [7, 11) is -4.42. The Morgan fingerprint density at radius 3 is 2.84 bits per heavy atom. The summed E-state index contributed by atoms with van der Waals surface area (Å²) in [6.45, 7) is 4.41. The van der Waals surface area contributed by atoms with Gasteiger partial charge in [0.05, 0.1) is 13.2 Å². The molecule has 4 N–H and O–H groups in total. The molecular formula is C13H20F2N3O6P. The first-order chi connectivity index (χ1) is 11.6. The van der Waals surface area contributed by atoms with E-state index in [9.17, 15) is 23.3 Å². The van der Waals surface area contributed by atoms with Crippen molar-refractivity contribution in [2.45, 2.75) is 37.7 Å². The SMILES string of the molecule is C=C1N=C(N)C=CN1[C@@H]1O[C@H](COP(=O)(O)OCCC)C(O)C1(F)F. The van der Waals surface area contributed by atoms with Gasteiger partial charge in [-0.2, -0.15) is 8.78 Å². The summed E-state index contributed by atoms with van der Waals surface area (Å²) >= 11 is 0. The van der Waals surface area contributed by atoms with Crippen LogP contribution < -0.4 is 5.73 Å². The molecule has 0 saturated carbocycles. The van der Waals surface area contributed by atoms with Crippen molar-refractivity contribution in [3.8, 4) is 0 Å². The van der Waals surface area contributed by atoms with E-state index in [1.54, 1.807) is 6.92 Å². The summed E-state index contributed by atoms with van der Waals surface area (Å²) in [4.78, 5) is 14.1. The van der Waals surface area contributed by atoms with Crippen LogP contribution in [0.25, 0.3) is 0 Å². The Hall–Kier alpha value is -1.36. The first-order valence-corrected chi connectivity index (χ1v) is 8.91. The van der Waals surface area contributed by atoms with E-state index in [2.05, 4.69) is 20.6 Å². The van der Waals surface area contributed by atoms with Gasteiger partial charge in [0.1, 0.15) is 17.8 Å². The van der Waals surface area contributed by atoms with Crippen molar-refractivity contribution in [3.05, 3.63) is 24.7 Å². The maximum absolute atomic E-state index is 14.3. The van der Waals surface area contributed by atoms with Crippen LogP contribution in [0.2, 0.25) is 0 Å². The van der Waals surface area contributed by atoms with E-state index in [4.69, 9.17) is 10.5 Å². The van der Waals surface area contributed by atoms with Crippen LogP contribution in [-0.2, 0) is 18.3 Å². The third-order valence-electron chi connectivity index (χ3n) is 3.45. The lowest BCUT2D eigenvalue weighted by Gasteiger charge is -2.31. The zero-order valence-electron chi connectivity index (χ0n) is 13.4. The van der Waals surface area contributed by atoms with Gasteiger partial charge in [0.2, 0.25) is 6.23 Å². The van der Waals surface area contributed by atoms with E-state index >= 15 is 0 Å². The van der Waals surface area contributed by atoms with E-state index in [0.717, 1.165) is 4.90 Å². The fraction of sp³-hybridized carbons (Fsp3) is 0.615. The maximum atomic E-state index is 14.3. The number of rotatable bonds is 7. The number of hydrogen-bond donors (Lipinski definition) is 3. The van der Waals surface area contributed by atoms with Crippen LogP contribution in [0, 0.1) is 0 Å². The van der Waals surface area contributed by atoms with E-state index in [-0.39, 0.29) is 18.3 Å². The minimum Gasteiger partial charge on any atom is -0.384 e. The lowest BCUT2D eigenvalue weighted by Crippen LogP contribution is -2.47. The molecule has 2 rings (SSSR count). The number of phosphoric ester groups is 1. The highest BCUT2D eigenvalue weighted by atomic mass is 31.2. The Labute approximate surface area is 143 Å². The van der Waals surface area contributed by atoms with Gasteiger partial charge >= 0.3 is 13.7 Å². The molecule has 12 heteroatoms. The number of nitrogens with zero attached hydrogens (tertiary/aromatic N) is 2. The van der Waals surface area contributed by atoms with Crippen molar-refractivity contribution >= 4 is 13.7 Å². The molecule has 25 heavy (non-hydrogen) atoms. The van der Waals surface area contributed by atoms with Gasteiger partial charge in [-0.05, 0) is 12.5 Å². The van der Waals surface area contributed by atoms with Crippen LogP contribution in [0.15, 0.2) is 29.7 Å². The molecule has 0 radical (unpaired) electrons. The minimum atomic E-state index is -4.42. The number of ether oxygens (including phenoxy) is 1. The van der Waals surface area contributed by atoms with E-state index in [0.29, 0.717) is 6.42 Å². The van der Waals surface area contributed by atoms with Crippen molar-refractivity contribution < 1.29 is 37.1 Å². The number of phosphoric acid groups is 1. The molecule has 0 aromatic carbocycles. The monoisotopic (exact) mass is 383 g/mol. The molecule has 2 heterocycles. The average Bonchev–Trinajstić information content (AvgIpc) is 2.75. The molecule has 1 saturated heterocycles. The van der Waals surface area contributed by atoms with Crippen LogP contribution in [0.5, 0.6) is 0 Å². The number of nitrogens with two attached hydrogens (primary N) is 1. The number of amidine groups is 1. The van der Waals surface area contributed by atoms with E-state index in [1.165, 1.54) is 12.3 Å². The minimum absolute atomic E-state index is 0.0432. The van der Waals surface area contributed by atoms with Gasteiger partial charge < -0.3 is 25.4 Å². The summed E-state index contributed by atoms with van der Waals surface area (Å²) in [5, 5.41) is 9.82. The van der Waals surface area contributed by atoms with Crippen molar-refractivity contribution in [1.82, 2.24) is 4.90 Å². The highest BCUT2D eigenvalue weighted by Crippen LogP contribution is 2.46. The number of halogens is 2. The average molecular weight is 383 g/mol. The van der Waals surface area contributed by atoms with Gasteiger partial charge in [0.25, 0.3) is 0 Å². The number of hydrogen-bond acceptors (Lipinski definition) is 8. The second-order valence-corrected chi connectivity index (χ2v) is 6.87. The van der Waals surface area contributed by atoms with E-state index < -0.39 is 38.8 Å². The molecular weight excluding hydrogens is 363 g/mol. The molecule has 0 bridgehead atoms. The van der Waals surface area contributed by atoms with Crippen molar-refractivity contribution in [1.29, 1.82) is 0 Å². The Morgan fingerprint density at radius 2 is 2.24 bits per heavy atom. The topological polar surface area (TPSA) is 127 Å². The summed E-state index contributed by atoms with van der Waals surface area (Å²) in [6.07, 6.45) is -2.83. The second-order valence-electron chi connectivity index (χ2n) is 5.42. The molecule has 0 spiro atoms. The zero-order chi connectivity index (χ0) is 18.8. The lowest BCUT2D eigenvalue weighted by molar-refractivity contribution is -0.148. The fourth-order valence-corrected chi connectivity index (χ4v) is 3.04. The van der Waals surface area contributed by atoms with Crippen LogP contribution >= 0.6 is 7.82 Å². The summed E-state index contributed by atoms with van der Waals surface area (Å²) in [6, 6.07) is 0. The highest BCUT2D eigenvalue weighted by Gasteiger charge is 2.61. The molecule has 1 fully saturated rings. The van der Waals surface area contributed by atoms with Gasteiger partial charge in [0.15, 0.2) is 6.10 Å². The first-order valence-electron chi connectivity index (χ1n) is 7.41. The third kappa shape index (κ3) is 4.43. The summed E-state index contributed by atoms with van der Waals surface area (Å²) in [5.41, 5.74) is 5.45. The summed E-state index contributed by atoms with van der Waals surface area (Å²) < 4.78 is 54.6. The number of aliphatic hydroxyl groups is 1. The highest BCUT2D eigenvalue weighted by molar-refractivity contribution is 7.47. The normalized spacial score (nSPS) is 31.1. The Morgan fingerprint density at radius 1 is 1.56 bits per heavy atom. The van der Waals surface area contributed by atoms with Crippen molar-refractivity contribution in [2.24, 2.45) is 10.7 Å². The largest absolute Gasteiger partial charge is 0.472 e. The van der Waals surface area contributed by atoms with Crippen molar-refractivity contribution in [2.75, 3.05) is 13.2 Å². The Kier molecular flexibility index (Phi) is 5.97. The smallest absolute Gasteiger partial charge is 0.384 e. The quantitative estimate of drug-likeness (QED) is 0.554. The third-order valence-corrected chi connectivity index (χ3v) is 4.44. The standard InChI is InChI=1S/C13H20F2N3O6P/c1-3-6-22-25(20,21)23-7-9-11(19)13(14,15)12(24-9)18-5-4-10(16)17-8(18)2/h4-5,9,11-12,19H,2-3,6-7H2,1H3,(H2,16,17)(H,20,21)/t9-,11?,12-/m1/s1. The molecule has 2 aliphatic heterocycles. The zero-order valence-corrected chi connectivity index (χ0v) is 14.3. The molecule has 0 amide bonds. The van der Waals surface area contributed by atoms with Crippen LogP contribution in [0.1, 0.15) is 13.3 Å². The van der Waals surface area contributed by atoms with Crippen LogP contribution in [-0.4, -0.2) is 58.3 Å². The lowest BCUT2D eigenvalue weighted by atomic mass is 10.1. The predicted molar refractivity (Wildman–Crippen MR) is 83.4 cm³/mol. The van der Waals surface area contributed by atoms with Crippen LogP contribution in [0.3, 0.4) is 0 Å². The van der Waals surface area contributed by atoms with Gasteiger partial charge in [-0.25, -0.2) is 9.56 Å². The van der Waals surface area contributed by atoms with Crippen LogP contribution in [0.4, 0.5) is 8.78 Å². The number of aliphatic hydroxyl groups excluding tert-OH is 1. The molecule has 142 valence electrons. The molecule has 2 unspecified atom stereocenters. The molecule has 4 atom stereocenters. The number of alkyl halides is 2. The van der Waals surface area contributed by atoms with E-state index in [1.807, 2.05) is 0 Å². The molecule has 0 aromatic rings. The first kappa shape index (κ1) is 20.0. The predicted octanol–water partition coefficient (Wildman–Crippen LogP) is 0.909. The maximum Gasteiger partial charge on any atom is 0.472 e. The van der Waals surface area contributed by atoms with Gasteiger partial charge in [-0.15, -0.1) is 0 Å². The molecule has 0 aromatic heterocycles. The van der Waals surface area contributed by atoms with Gasteiger partial charge in [0, 0.05) is 6.20 Å². The molecule has 9 nitrogen and oxygen atoms in total. The Bertz CT molecular complexity index is 629.